The fraction of sp³-hybridized carbons (Fsp3) is 0.562. The third kappa shape index (κ3) is 3.61. The van der Waals surface area contributed by atoms with Crippen molar-refractivity contribution in [1.29, 1.82) is 0 Å². The summed E-state index contributed by atoms with van der Waals surface area (Å²) in [6, 6.07) is 2.47. The van der Waals surface area contributed by atoms with Crippen LogP contribution in [0.3, 0.4) is 0 Å². The van der Waals surface area contributed by atoms with Crippen LogP contribution < -0.4 is 4.90 Å². The summed E-state index contributed by atoms with van der Waals surface area (Å²) in [5.74, 6) is 0.0974. The fourth-order valence-corrected chi connectivity index (χ4v) is 3.76. The van der Waals surface area contributed by atoms with Gasteiger partial charge in [0.05, 0.1) is 18.8 Å². The fourth-order valence-electron chi connectivity index (χ4n) is 3.14. The molecule has 1 atom stereocenters. The van der Waals surface area contributed by atoms with Crippen LogP contribution in [-0.2, 0) is 11.3 Å². The maximum absolute atomic E-state index is 12.5. The molecular weight excluding hydrogens is 310 g/mol. The second-order valence-electron chi connectivity index (χ2n) is 6.14. The summed E-state index contributed by atoms with van der Waals surface area (Å²) in [7, 11) is 1.80. The highest BCUT2D eigenvalue weighted by atomic mass is 32.1. The molecule has 0 spiro atoms. The van der Waals surface area contributed by atoms with Crippen LogP contribution in [0.15, 0.2) is 17.6 Å². The molecule has 23 heavy (non-hydrogen) atoms. The van der Waals surface area contributed by atoms with Gasteiger partial charge < -0.3 is 0 Å². The predicted molar refractivity (Wildman–Crippen MR) is 91.8 cm³/mol. The van der Waals surface area contributed by atoms with Crippen molar-refractivity contribution in [2.75, 3.05) is 25.0 Å². The van der Waals surface area contributed by atoms with Gasteiger partial charge in [-0.2, -0.15) is 5.10 Å². The first-order valence-electron chi connectivity index (χ1n) is 7.96. The number of rotatable bonds is 5. The smallest absolute Gasteiger partial charge is 0.242 e. The Kier molecular flexibility index (Phi) is 4.77. The van der Waals surface area contributed by atoms with Gasteiger partial charge in [0.25, 0.3) is 0 Å². The number of anilines is 1. The van der Waals surface area contributed by atoms with E-state index >= 15 is 0 Å². The Labute approximate surface area is 140 Å². The minimum absolute atomic E-state index is 0.0974. The second-order valence-corrected chi connectivity index (χ2v) is 7.02. The number of carbonyl (C=O) groups excluding carboxylic acids is 1. The van der Waals surface area contributed by atoms with Gasteiger partial charge >= 0.3 is 0 Å². The average Bonchev–Trinajstić information content (AvgIpc) is 3.22. The molecule has 2 aromatic rings. The van der Waals surface area contributed by atoms with Crippen LogP contribution in [0.25, 0.3) is 0 Å². The van der Waals surface area contributed by atoms with Crippen LogP contribution in [0.1, 0.15) is 24.2 Å². The quantitative estimate of drug-likeness (QED) is 0.841. The van der Waals surface area contributed by atoms with Crippen molar-refractivity contribution in [2.24, 2.45) is 0 Å². The molecule has 0 bridgehead atoms. The molecule has 2 aromatic heterocycles. The summed E-state index contributed by atoms with van der Waals surface area (Å²) in [5, 5.41) is 7.19. The normalized spacial score (nSPS) is 18.5. The van der Waals surface area contributed by atoms with E-state index in [1.54, 1.807) is 18.1 Å². The Morgan fingerprint density at radius 1 is 1.48 bits per heavy atom. The molecule has 3 heterocycles. The van der Waals surface area contributed by atoms with E-state index in [0.717, 1.165) is 36.8 Å². The van der Waals surface area contributed by atoms with E-state index in [9.17, 15) is 4.79 Å². The van der Waals surface area contributed by atoms with Crippen molar-refractivity contribution in [3.05, 3.63) is 29.0 Å². The van der Waals surface area contributed by atoms with E-state index in [1.165, 1.54) is 17.0 Å². The van der Waals surface area contributed by atoms with Crippen LogP contribution in [0.2, 0.25) is 0 Å². The van der Waals surface area contributed by atoms with Gasteiger partial charge in [0.2, 0.25) is 5.91 Å². The van der Waals surface area contributed by atoms with Crippen molar-refractivity contribution in [1.82, 2.24) is 19.7 Å². The molecule has 0 N–H and O–H groups in total. The third-order valence-electron chi connectivity index (χ3n) is 4.40. The molecule has 0 unspecified atom stereocenters. The van der Waals surface area contributed by atoms with Crippen molar-refractivity contribution in [3.8, 4) is 0 Å². The van der Waals surface area contributed by atoms with Crippen molar-refractivity contribution >= 4 is 22.4 Å². The third-order valence-corrected chi connectivity index (χ3v) is 5.25. The molecule has 1 aliphatic rings. The number of nitrogens with zero attached hydrogens (tertiary/aromatic N) is 5. The average molecular weight is 333 g/mol. The molecule has 1 amide bonds. The van der Waals surface area contributed by atoms with Gasteiger partial charge in [-0.15, -0.1) is 11.3 Å². The largest absolute Gasteiger partial charge is 0.290 e. The Morgan fingerprint density at radius 2 is 2.30 bits per heavy atom. The zero-order valence-electron chi connectivity index (χ0n) is 13.9. The number of likely N-dealkylation sites (N-methyl/N-ethyl adjacent to an activating group) is 1. The minimum atomic E-state index is 0.0974. The van der Waals surface area contributed by atoms with E-state index < -0.39 is 0 Å². The highest BCUT2D eigenvalue weighted by Crippen LogP contribution is 2.21. The van der Waals surface area contributed by atoms with E-state index in [2.05, 4.69) is 32.7 Å². The number of hydrogen-bond donors (Lipinski definition) is 0. The zero-order valence-corrected chi connectivity index (χ0v) is 14.7. The zero-order chi connectivity index (χ0) is 16.4. The van der Waals surface area contributed by atoms with Gasteiger partial charge in [-0.1, -0.05) is 0 Å². The lowest BCUT2D eigenvalue weighted by Crippen LogP contribution is -2.42. The van der Waals surface area contributed by atoms with Gasteiger partial charge in [-0.05, 0) is 39.3 Å². The number of likely N-dealkylation sites (tertiary alicyclic amines) is 1. The van der Waals surface area contributed by atoms with E-state index in [-0.39, 0.29) is 5.91 Å². The Morgan fingerprint density at radius 3 is 2.96 bits per heavy atom. The number of hydrogen-bond acceptors (Lipinski definition) is 5. The summed E-state index contributed by atoms with van der Waals surface area (Å²) < 4.78 is 2.06. The lowest BCUT2D eigenvalue weighted by Gasteiger charge is -2.26. The predicted octanol–water partition coefficient (Wildman–Crippen LogP) is 2.08. The van der Waals surface area contributed by atoms with Crippen LogP contribution >= 0.6 is 11.3 Å². The Hall–Kier alpha value is -1.73. The molecule has 3 rings (SSSR count). The van der Waals surface area contributed by atoms with Crippen molar-refractivity contribution in [3.63, 3.8) is 0 Å². The van der Waals surface area contributed by atoms with E-state index in [1.807, 2.05) is 12.3 Å². The van der Waals surface area contributed by atoms with Crippen LogP contribution in [0.5, 0.6) is 0 Å². The number of aromatic nitrogens is 3. The molecule has 124 valence electrons. The van der Waals surface area contributed by atoms with Crippen LogP contribution in [0, 0.1) is 13.8 Å². The number of carbonyl (C=O) groups is 1. The molecule has 0 radical (unpaired) electrons. The van der Waals surface area contributed by atoms with Gasteiger partial charge in [0.1, 0.15) is 0 Å². The summed E-state index contributed by atoms with van der Waals surface area (Å²) >= 11 is 1.49. The maximum atomic E-state index is 12.5. The molecule has 1 fully saturated rings. The van der Waals surface area contributed by atoms with Crippen molar-refractivity contribution in [2.45, 2.75) is 39.3 Å². The topological polar surface area (TPSA) is 54.3 Å². The molecule has 0 saturated carbocycles. The highest BCUT2D eigenvalue weighted by Gasteiger charge is 2.28. The minimum Gasteiger partial charge on any atom is -0.290 e. The molecule has 1 aliphatic heterocycles. The lowest BCUT2D eigenvalue weighted by atomic mass is 10.2. The molecular formula is C16H23N5OS. The first-order chi connectivity index (χ1) is 11.0. The first-order valence-corrected chi connectivity index (χ1v) is 8.83. The summed E-state index contributed by atoms with van der Waals surface area (Å²) in [6.07, 6.45) is 3.98. The standard InChI is InChI=1S/C16H23N5OS/c1-12-9-13(2)21(18-12)10-14-5-4-7-20(14)11-15(22)19(3)16-17-6-8-23-16/h6,8-9,14H,4-5,7,10-11H2,1-3H3/t14-/m0/s1. The molecule has 0 aliphatic carbocycles. The molecule has 7 heteroatoms. The molecule has 0 aromatic carbocycles. The lowest BCUT2D eigenvalue weighted by molar-refractivity contribution is -0.119. The van der Waals surface area contributed by atoms with Gasteiger partial charge in [-0.25, -0.2) is 4.98 Å². The van der Waals surface area contributed by atoms with Crippen LogP contribution in [0.4, 0.5) is 5.13 Å². The van der Waals surface area contributed by atoms with Gasteiger partial charge in [0, 0.05) is 30.4 Å². The summed E-state index contributed by atoms with van der Waals surface area (Å²) in [5.41, 5.74) is 2.23. The van der Waals surface area contributed by atoms with E-state index in [0.29, 0.717) is 12.6 Å². The number of thiazole rings is 1. The van der Waals surface area contributed by atoms with Crippen LogP contribution in [-0.4, -0.2) is 51.8 Å². The van der Waals surface area contributed by atoms with Crippen molar-refractivity contribution < 1.29 is 4.79 Å². The van der Waals surface area contributed by atoms with Gasteiger partial charge in [-0.3, -0.25) is 19.3 Å². The maximum Gasteiger partial charge on any atom is 0.242 e. The highest BCUT2D eigenvalue weighted by molar-refractivity contribution is 7.13. The Balaban J connectivity index is 1.62. The number of amides is 1. The summed E-state index contributed by atoms with van der Waals surface area (Å²) in [4.78, 5) is 20.6. The number of aryl methyl sites for hydroxylation is 2. The second kappa shape index (κ2) is 6.80. The first kappa shape index (κ1) is 16.1. The van der Waals surface area contributed by atoms with Gasteiger partial charge in [0.15, 0.2) is 5.13 Å². The molecule has 1 saturated heterocycles. The monoisotopic (exact) mass is 333 g/mol. The SMILES string of the molecule is Cc1cc(C)n(C[C@@H]2CCCN2CC(=O)N(C)c2nccs2)n1. The molecule has 6 nitrogen and oxygen atoms in total. The Bertz CT molecular complexity index is 666. The van der Waals surface area contributed by atoms with E-state index in [4.69, 9.17) is 0 Å². The summed E-state index contributed by atoms with van der Waals surface area (Å²) in [6.45, 7) is 6.37.